The first-order chi connectivity index (χ1) is 8.11. The van der Waals surface area contributed by atoms with Crippen molar-refractivity contribution in [3.05, 3.63) is 29.8 Å². The number of para-hydroxylation sites is 1. The number of rotatable bonds is 5. The molecule has 0 saturated carbocycles. The fraction of sp³-hybridized carbons (Fsp3) is 0.538. The van der Waals surface area contributed by atoms with E-state index in [1.54, 1.807) is 6.92 Å². The van der Waals surface area contributed by atoms with E-state index in [0.29, 0.717) is 11.8 Å². The normalized spacial score (nSPS) is 18.8. The van der Waals surface area contributed by atoms with Gasteiger partial charge < -0.3 is 5.32 Å². The number of hydrogen-bond acceptors (Lipinski definition) is 3. The molecule has 0 radical (unpaired) electrons. The second-order valence-corrected chi connectivity index (χ2v) is 7.05. The predicted octanol–water partition coefficient (Wildman–Crippen LogP) is 2.24. The zero-order valence-corrected chi connectivity index (χ0v) is 11.0. The second kappa shape index (κ2) is 5.08. The summed E-state index contributed by atoms with van der Waals surface area (Å²) in [5.74, 6) is 0.573. The molecule has 0 fully saturated rings. The van der Waals surface area contributed by atoms with Crippen molar-refractivity contribution < 1.29 is 8.42 Å². The summed E-state index contributed by atoms with van der Waals surface area (Å²) < 4.78 is 22.7. The quantitative estimate of drug-likeness (QED) is 0.875. The van der Waals surface area contributed by atoms with E-state index in [4.69, 9.17) is 0 Å². The van der Waals surface area contributed by atoms with E-state index in [1.165, 1.54) is 11.3 Å². The molecule has 0 spiro atoms. The highest BCUT2D eigenvalue weighted by molar-refractivity contribution is 7.91. The third kappa shape index (κ3) is 3.22. The summed E-state index contributed by atoms with van der Waals surface area (Å²) in [5, 5.41) is 3.44. The molecule has 1 aliphatic rings. The zero-order valence-electron chi connectivity index (χ0n) is 10.1. The molecule has 1 aliphatic heterocycles. The largest absolute Gasteiger partial charge is 0.382 e. The van der Waals surface area contributed by atoms with Crippen LogP contribution in [0.15, 0.2) is 24.3 Å². The predicted molar refractivity (Wildman–Crippen MR) is 71.1 cm³/mol. The van der Waals surface area contributed by atoms with Crippen LogP contribution in [-0.2, 0) is 16.3 Å². The lowest BCUT2D eigenvalue weighted by Gasteiger charge is -2.10. The summed E-state index contributed by atoms with van der Waals surface area (Å²) >= 11 is 0. The molecule has 94 valence electrons. The molecule has 1 aromatic carbocycles. The number of hydrogen-bond donors (Lipinski definition) is 1. The standard InChI is InChI=1S/C13H19NO2S/c1-2-17(15,16)9-5-7-12-10-11-6-3-4-8-13(11)14-12/h3-4,6,8,12,14H,2,5,7,9-10H2,1H3. The molecule has 1 aromatic rings. The Labute approximate surface area is 103 Å². The summed E-state index contributed by atoms with van der Waals surface area (Å²) in [4.78, 5) is 0. The van der Waals surface area contributed by atoms with Crippen LogP contribution in [-0.4, -0.2) is 26.0 Å². The number of nitrogens with one attached hydrogen (secondary N) is 1. The van der Waals surface area contributed by atoms with E-state index in [1.807, 2.05) is 12.1 Å². The first-order valence-electron chi connectivity index (χ1n) is 6.15. The van der Waals surface area contributed by atoms with E-state index >= 15 is 0 Å². The average molecular weight is 253 g/mol. The third-order valence-corrected chi connectivity index (χ3v) is 5.08. The number of anilines is 1. The van der Waals surface area contributed by atoms with E-state index in [2.05, 4.69) is 17.4 Å². The number of sulfone groups is 1. The van der Waals surface area contributed by atoms with Gasteiger partial charge in [-0.15, -0.1) is 0 Å². The lowest BCUT2D eigenvalue weighted by molar-refractivity contribution is 0.587. The maximum absolute atomic E-state index is 11.4. The molecular weight excluding hydrogens is 234 g/mol. The van der Waals surface area contributed by atoms with Crippen molar-refractivity contribution in [2.75, 3.05) is 16.8 Å². The Morgan fingerprint density at radius 3 is 2.82 bits per heavy atom. The molecule has 1 heterocycles. The van der Waals surface area contributed by atoms with Gasteiger partial charge in [0, 0.05) is 17.5 Å². The Bertz CT molecular complexity index is 457. The van der Waals surface area contributed by atoms with Crippen molar-refractivity contribution in [1.82, 2.24) is 0 Å². The molecule has 0 aromatic heterocycles. The lowest BCUT2D eigenvalue weighted by atomic mass is 10.1. The first kappa shape index (κ1) is 12.4. The minimum atomic E-state index is -2.81. The molecule has 17 heavy (non-hydrogen) atoms. The van der Waals surface area contributed by atoms with Gasteiger partial charge in [0.25, 0.3) is 0 Å². The van der Waals surface area contributed by atoms with E-state index in [0.717, 1.165) is 19.3 Å². The van der Waals surface area contributed by atoms with Gasteiger partial charge in [-0.05, 0) is 30.9 Å². The SMILES string of the molecule is CCS(=O)(=O)CCCC1Cc2ccccc2N1. The Morgan fingerprint density at radius 1 is 1.35 bits per heavy atom. The minimum Gasteiger partial charge on any atom is -0.382 e. The Hall–Kier alpha value is -1.03. The monoisotopic (exact) mass is 253 g/mol. The highest BCUT2D eigenvalue weighted by atomic mass is 32.2. The summed E-state index contributed by atoms with van der Waals surface area (Å²) in [6.07, 6.45) is 2.69. The Morgan fingerprint density at radius 2 is 2.12 bits per heavy atom. The van der Waals surface area contributed by atoms with Gasteiger partial charge >= 0.3 is 0 Å². The van der Waals surface area contributed by atoms with Gasteiger partial charge in [-0.25, -0.2) is 8.42 Å². The summed E-state index contributed by atoms with van der Waals surface area (Å²) in [7, 11) is -2.81. The minimum absolute atomic E-state index is 0.255. The zero-order chi connectivity index (χ0) is 12.3. The first-order valence-corrected chi connectivity index (χ1v) is 7.98. The second-order valence-electron chi connectivity index (χ2n) is 4.58. The summed E-state index contributed by atoms with van der Waals surface area (Å²) in [6.45, 7) is 1.71. The molecule has 0 aliphatic carbocycles. The number of benzene rings is 1. The molecule has 4 heteroatoms. The smallest absolute Gasteiger partial charge is 0.150 e. The molecule has 1 atom stereocenters. The molecule has 0 amide bonds. The van der Waals surface area contributed by atoms with Crippen LogP contribution in [0.2, 0.25) is 0 Å². The van der Waals surface area contributed by atoms with Gasteiger partial charge in [0.15, 0.2) is 0 Å². The Kier molecular flexibility index (Phi) is 3.72. The van der Waals surface area contributed by atoms with Gasteiger partial charge in [0.1, 0.15) is 9.84 Å². The molecule has 3 nitrogen and oxygen atoms in total. The van der Waals surface area contributed by atoms with Crippen LogP contribution in [0.25, 0.3) is 0 Å². The van der Waals surface area contributed by atoms with Crippen molar-refractivity contribution in [1.29, 1.82) is 0 Å². The van der Waals surface area contributed by atoms with Crippen LogP contribution < -0.4 is 5.32 Å². The lowest BCUT2D eigenvalue weighted by Crippen LogP contribution is -2.17. The van der Waals surface area contributed by atoms with Crippen LogP contribution in [0.5, 0.6) is 0 Å². The van der Waals surface area contributed by atoms with Crippen LogP contribution in [0, 0.1) is 0 Å². The molecule has 2 rings (SSSR count). The van der Waals surface area contributed by atoms with Crippen molar-refractivity contribution in [2.24, 2.45) is 0 Å². The van der Waals surface area contributed by atoms with Gasteiger partial charge in [-0.3, -0.25) is 0 Å². The van der Waals surface area contributed by atoms with Crippen LogP contribution in [0.1, 0.15) is 25.3 Å². The molecular formula is C13H19NO2S. The van der Waals surface area contributed by atoms with E-state index < -0.39 is 9.84 Å². The van der Waals surface area contributed by atoms with Gasteiger partial charge in [0.05, 0.1) is 5.75 Å². The van der Waals surface area contributed by atoms with E-state index in [9.17, 15) is 8.42 Å². The summed E-state index contributed by atoms with van der Waals surface area (Å²) in [6, 6.07) is 8.68. The maximum atomic E-state index is 11.4. The van der Waals surface area contributed by atoms with Crippen molar-refractivity contribution in [3.63, 3.8) is 0 Å². The summed E-state index contributed by atoms with van der Waals surface area (Å²) in [5.41, 5.74) is 2.55. The Balaban J connectivity index is 1.81. The van der Waals surface area contributed by atoms with Gasteiger partial charge in [0.2, 0.25) is 0 Å². The highest BCUT2D eigenvalue weighted by Gasteiger charge is 2.20. The van der Waals surface area contributed by atoms with E-state index in [-0.39, 0.29) is 5.75 Å². The third-order valence-electron chi connectivity index (χ3n) is 3.29. The topological polar surface area (TPSA) is 46.2 Å². The van der Waals surface area contributed by atoms with Crippen LogP contribution in [0.4, 0.5) is 5.69 Å². The van der Waals surface area contributed by atoms with Crippen molar-refractivity contribution in [3.8, 4) is 0 Å². The van der Waals surface area contributed by atoms with Crippen LogP contribution >= 0.6 is 0 Å². The van der Waals surface area contributed by atoms with Crippen molar-refractivity contribution in [2.45, 2.75) is 32.2 Å². The molecule has 1 unspecified atom stereocenters. The molecule has 0 bridgehead atoms. The van der Waals surface area contributed by atoms with Crippen LogP contribution in [0.3, 0.4) is 0 Å². The maximum Gasteiger partial charge on any atom is 0.150 e. The fourth-order valence-electron chi connectivity index (χ4n) is 2.24. The highest BCUT2D eigenvalue weighted by Crippen LogP contribution is 2.27. The average Bonchev–Trinajstić information content (AvgIpc) is 2.71. The fourth-order valence-corrected chi connectivity index (χ4v) is 3.14. The van der Waals surface area contributed by atoms with Gasteiger partial charge in [-0.1, -0.05) is 25.1 Å². The van der Waals surface area contributed by atoms with Gasteiger partial charge in [-0.2, -0.15) is 0 Å². The van der Waals surface area contributed by atoms with Crippen molar-refractivity contribution >= 4 is 15.5 Å². The molecule has 1 N–H and O–H groups in total. The number of fused-ring (bicyclic) bond motifs is 1. The molecule has 0 saturated heterocycles.